The molecule has 2 aliphatic heterocycles. The standard InChI is InChI=1S/C19H25ClN4O2/c1-3-24(17-6-4-5-9-21-19(17)25)13-15(12-23-24)22-11-14-7-8-18(26-2)16(20)10-14/h7-8,10,12-13,17,22H,3-6,9,11H2,1-2H3/p+1. The molecule has 1 fully saturated rings. The SMILES string of the molecule is CC[N+]1(C2CCCCNC2=O)C=C(NCc2ccc(OC)c(Cl)c2)C=N1. The number of hydrogen-bond acceptors (Lipinski definition) is 4. The minimum atomic E-state index is -0.159. The monoisotopic (exact) mass is 377 g/mol. The van der Waals surface area contributed by atoms with E-state index in [1.54, 1.807) is 7.11 Å². The van der Waals surface area contributed by atoms with E-state index in [1.807, 2.05) is 24.4 Å². The van der Waals surface area contributed by atoms with Crippen LogP contribution in [0, 0.1) is 0 Å². The van der Waals surface area contributed by atoms with Gasteiger partial charge in [0.15, 0.2) is 6.04 Å². The molecule has 0 radical (unpaired) electrons. The number of quaternary nitrogens is 1. The number of carbonyl (C=O) groups is 1. The summed E-state index contributed by atoms with van der Waals surface area (Å²) in [6.45, 7) is 4.20. The highest BCUT2D eigenvalue weighted by Gasteiger charge is 2.43. The van der Waals surface area contributed by atoms with Crippen molar-refractivity contribution >= 4 is 23.7 Å². The van der Waals surface area contributed by atoms with Gasteiger partial charge in [0.2, 0.25) is 0 Å². The zero-order chi connectivity index (χ0) is 18.6. The lowest BCUT2D eigenvalue weighted by molar-refractivity contribution is -0.898. The van der Waals surface area contributed by atoms with E-state index in [2.05, 4.69) is 23.8 Å². The number of methoxy groups -OCH3 is 1. The Morgan fingerprint density at radius 3 is 3.00 bits per heavy atom. The molecule has 7 heteroatoms. The van der Waals surface area contributed by atoms with E-state index in [0.29, 0.717) is 21.9 Å². The van der Waals surface area contributed by atoms with Crippen LogP contribution in [0.3, 0.4) is 0 Å². The van der Waals surface area contributed by atoms with Crippen LogP contribution in [-0.4, -0.2) is 43.0 Å². The largest absolute Gasteiger partial charge is 0.495 e. The van der Waals surface area contributed by atoms with Crippen LogP contribution in [0.4, 0.5) is 0 Å². The summed E-state index contributed by atoms with van der Waals surface area (Å²) in [6, 6.07) is 5.57. The number of amides is 1. The lowest BCUT2D eigenvalue weighted by atomic mass is 10.1. The summed E-state index contributed by atoms with van der Waals surface area (Å²) in [5, 5.41) is 11.7. The third kappa shape index (κ3) is 3.86. The fraction of sp³-hybridized carbons (Fsp3) is 0.474. The Morgan fingerprint density at radius 2 is 2.27 bits per heavy atom. The van der Waals surface area contributed by atoms with E-state index in [4.69, 9.17) is 21.4 Å². The summed E-state index contributed by atoms with van der Waals surface area (Å²) in [4.78, 5) is 12.5. The first-order valence-electron chi connectivity index (χ1n) is 9.08. The van der Waals surface area contributed by atoms with Crippen molar-refractivity contribution in [2.24, 2.45) is 5.10 Å². The molecule has 0 saturated carbocycles. The van der Waals surface area contributed by atoms with Crippen molar-refractivity contribution in [3.05, 3.63) is 40.7 Å². The van der Waals surface area contributed by atoms with Gasteiger partial charge in [0.1, 0.15) is 30.4 Å². The molecule has 0 bridgehead atoms. The second-order valence-electron chi connectivity index (χ2n) is 6.66. The van der Waals surface area contributed by atoms with Crippen molar-refractivity contribution < 1.29 is 14.1 Å². The van der Waals surface area contributed by atoms with Crippen LogP contribution >= 0.6 is 11.6 Å². The zero-order valence-electron chi connectivity index (χ0n) is 15.3. The Morgan fingerprint density at radius 1 is 1.42 bits per heavy atom. The summed E-state index contributed by atoms with van der Waals surface area (Å²) in [7, 11) is 1.60. The number of rotatable bonds is 6. The summed E-state index contributed by atoms with van der Waals surface area (Å²) in [5.41, 5.74) is 1.98. The molecule has 2 aliphatic rings. The normalized spacial score (nSPS) is 25.4. The van der Waals surface area contributed by atoms with E-state index in [9.17, 15) is 4.79 Å². The second-order valence-corrected chi connectivity index (χ2v) is 7.06. The molecule has 140 valence electrons. The van der Waals surface area contributed by atoms with Crippen molar-refractivity contribution in [3.63, 3.8) is 0 Å². The molecule has 1 amide bonds. The maximum atomic E-state index is 12.5. The van der Waals surface area contributed by atoms with Gasteiger partial charge in [-0.2, -0.15) is 4.59 Å². The van der Waals surface area contributed by atoms with Crippen LogP contribution < -0.4 is 15.4 Å². The number of carbonyl (C=O) groups excluding carboxylic acids is 1. The fourth-order valence-electron chi connectivity index (χ4n) is 3.51. The molecular formula is C19H26ClN4O2+. The molecule has 2 atom stereocenters. The van der Waals surface area contributed by atoms with Gasteiger partial charge in [-0.3, -0.25) is 4.79 Å². The third-order valence-electron chi connectivity index (χ3n) is 5.04. The van der Waals surface area contributed by atoms with E-state index in [1.165, 1.54) is 0 Å². The number of allylic oxidation sites excluding steroid dienone is 1. The predicted octanol–water partition coefficient (Wildman–Crippen LogP) is 2.78. The summed E-state index contributed by atoms with van der Waals surface area (Å²) in [5.74, 6) is 0.763. The number of likely N-dealkylation sites (N-methyl/N-ethyl adjacent to an activating group) is 1. The molecule has 1 aromatic rings. The quantitative estimate of drug-likeness (QED) is 0.749. The average Bonchev–Trinajstić information content (AvgIpc) is 2.95. The molecule has 1 saturated heterocycles. The Kier molecular flexibility index (Phi) is 5.84. The van der Waals surface area contributed by atoms with E-state index >= 15 is 0 Å². The van der Waals surface area contributed by atoms with Gasteiger partial charge in [-0.05, 0) is 37.5 Å². The molecule has 2 N–H and O–H groups in total. The van der Waals surface area contributed by atoms with Crippen LogP contribution in [-0.2, 0) is 11.3 Å². The first-order valence-corrected chi connectivity index (χ1v) is 9.45. The zero-order valence-corrected chi connectivity index (χ0v) is 16.1. The van der Waals surface area contributed by atoms with Crippen LogP contribution in [0.5, 0.6) is 5.75 Å². The van der Waals surface area contributed by atoms with Crippen molar-refractivity contribution in [1.29, 1.82) is 0 Å². The van der Waals surface area contributed by atoms with Crippen molar-refractivity contribution in [3.8, 4) is 5.75 Å². The highest BCUT2D eigenvalue weighted by atomic mass is 35.5. The topological polar surface area (TPSA) is 62.7 Å². The smallest absolute Gasteiger partial charge is 0.281 e. The van der Waals surface area contributed by atoms with Gasteiger partial charge in [-0.25, -0.2) is 0 Å². The average molecular weight is 378 g/mol. The summed E-state index contributed by atoms with van der Waals surface area (Å²) >= 11 is 6.18. The number of ether oxygens (including phenoxy) is 1. The first-order chi connectivity index (χ1) is 12.6. The minimum absolute atomic E-state index is 0.0981. The molecule has 1 aromatic carbocycles. The van der Waals surface area contributed by atoms with Crippen molar-refractivity contribution in [2.45, 2.75) is 38.8 Å². The van der Waals surface area contributed by atoms with E-state index in [0.717, 1.165) is 43.6 Å². The Balaban J connectivity index is 1.70. The third-order valence-corrected chi connectivity index (χ3v) is 5.34. The maximum Gasteiger partial charge on any atom is 0.281 e. The lowest BCUT2D eigenvalue weighted by Crippen LogP contribution is -2.53. The fourth-order valence-corrected chi connectivity index (χ4v) is 3.79. The van der Waals surface area contributed by atoms with Gasteiger partial charge < -0.3 is 15.4 Å². The molecule has 0 aliphatic carbocycles. The van der Waals surface area contributed by atoms with Crippen LogP contribution in [0.25, 0.3) is 0 Å². The number of benzene rings is 1. The van der Waals surface area contributed by atoms with Crippen molar-refractivity contribution in [2.75, 3.05) is 20.2 Å². The summed E-state index contributed by atoms with van der Waals surface area (Å²) in [6.07, 6.45) is 6.81. The number of halogens is 1. The summed E-state index contributed by atoms with van der Waals surface area (Å²) < 4.78 is 5.51. The highest BCUT2D eigenvalue weighted by molar-refractivity contribution is 6.32. The van der Waals surface area contributed by atoms with Gasteiger partial charge in [0.05, 0.1) is 12.1 Å². The molecule has 3 rings (SSSR count). The lowest BCUT2D eigenvalue weighted by Gasteiger charge is -2.31. The number of nitrogens with zero attached hydrogens (tertiary/aromatic N) is 2. The van der Waals surface area contributed by atoms with Gasteiger partial charge >= 0.3 is 0 Å². The van der Waals surface area contributed by atoms with E-state index < -0.39 is 0 Å². The molecule has 26 heavy (non-hydrogen) atoms. The maximum absolute atomic E-state index is 12.5. The number of hydrogen-bond donors (Lipinski definition) is 2. The Labute approximate surface area is 159 Å². The Hall–Kier alpha value is -2.05. The van der Waals surface area contributed by atoms with Crippen LogP contribution in [0.15, 0.2) is 35.2 Å². The molecule has 2 heterocycles. The van der Waals surface area contributed by atoms with Gasteiger partial charge in [-0.15, -0.1) is 0 Å². The molecule has 6 nitrogen and oxygen atoms in total. The van der Waals surface area contributed by atoms with E-state index in [-0.39, 0.29) is 11.9 Å². The van der Waals surface area contributed by atoms with Gasteiger partial charge in [0.25, 0.3) is 5.91 Å². The molecule has 0 spiro atoms. The molecule has 2 unspecified atom stereocenters. The first kappa shape index (κ1) is 18.7. The second kappa shape index (κ2) is 8.10. The predicted molar refractivity (Wildman–Crippen MR) is 103 cm³/mol. The van der Waals surface area contributed by atoms with Crippen LogP contribution in [0.1, 0.15) is 31.7 Å². The Bertz CT molecular complexity index is 734. The minimum Gasteiger partial charge on any atom is -0.495 e. The molecule has 0 aromatic heterocycles. The highest BCUT2D eigenvalue weighted by Crippen LogP contribution is 2.28. The van der Waals surface area contributed by atoms with Gasteiger partial charge in [-0.1, -0.05) is 22.8 Å². The van der Waals surface area contributed by atoms with Gasteiger partial charge in [0, 0.05) is 19.5 Å². The van der Waals surface area contributed by atoms with Crippen molar-refractivity contribution in [1.82, 2.24) is 10.6 Å². The molecular weight excluding hydrogens is 352 g/mol. The number of nitrogens with one attached hydrogen (secondary N) is 2. The van der Waals surface area contributed by atoms with Crippen LogP contribution in [0.2, 0.25) is 5.02 Å².